The van der Waals surface area contributed by atoms with E-state index in [1.807, 2.05) is 0 Å². The van der Waals surface area contributed by atoms with Crippen LogP contribution in [0.3, 0.4) is 0 Å². The van der Waals surface area contributed by atoms with E-state index >= 15 is 0 Å². The van der Waals surface area contributed by atoms with Crippen LogP contribution in [-0.4, -0.2) is 40.8 Å². The first-order valence-electron chi connectivity index (χ1n) is 6.26. The largest absolute Gasteiger partial charge is 0.459 e. The lowest BCUT2D eigenvalue weighted by atomic mass is 10.2. The Hall–Kier alpha value is -1.82. The molecule has 1 heterocycles. The quantitative estimate of drug-likeness (QED) is 0.803. The first-order chi connectivity index (χ1) is 9.47. The lowest BCUT2D eigenvalue weighted by Crippen LogP contribution is -2.24. The van der Waals surface area contributed by atoms with Crippen LogP contribution in [0, 0.1) is 0 Å². The monoisotopic (exact) mass is 292 g/mol. The number of thioether (sulfide) groups is 1. The summed E-state index contributed by atoms with van der Waals surface area (Å²) in [4.78, 5) is 29.1. The van der Waals surface area contributed by atoms with E-state index in [2.05, 4.69) is 4.99 Å². The number of amidine groups is 1. The van der Waals surface area contributed by atoms with Crippen molar-refractivity contribution in [1.29, 1.82) is 0 Å². The van der Waals surface area contributed by atoms with Gasteiger partial charge in [-0.05, 0) is 32.0 Å². The molecule has 0 spiro atoms. The molecule has 0 radical (unpaired) electrons. The maximum atomic E-state index is 11.8. The summed E-state index contributed by atoms with van der Waals surface area (Å²) in [7, 11) is 1.69. The number of esters is 1. The van der Waals surface area contributed by atoms with E-state index in [0.29, 0.717) is 22.2 Å². The van der Waals surface area contributed by atoms with Gasteiger partial charge in [0.2, 0.25) is 5.91 Å². The highest BCUT2D eigenvalue weighted by Gasteiger charge is 2.24. The highest BCUT2D eigenvalue weighted by molar-refractivity contribution is 8.15. The fourth-order valence-electron chi connectivity index (χ4n) is 1.63. The Kier molecular flexibility index (Phi) is 4.44. The van der Waals surface area contributed by atoms with E-state index in [0.717, 1.165) is 0 Å². The Morgan fingerprint density at radius 3 is 2.80 bits per heavy atom. The summed E-state index contributed by atoms with van der Waals surface area (Å²) in [5, 5.41) is 0.643. The third-order valence-corrected chi connectivity index (χ3v) is 3.65. The molecule has 0 saturated carbocycles. The van der Waals surface area contributed by atoms with Crippen molar-refractivity contribution in [2.45, 2.75) is 20.0 Å². The first-order valence-corrected chi connectivity index (χ1v) is 7.25. The van der Waals surface area contributed by atoms with Crippen molar-refractivity contribution in [2.75, 3.05) is 12.8 Å². The molecule has 106 valence electrons. The van der Waals surface area contributed by atoms with Crippen LogP contribution in [0.4, 0.5) is 5.69 Å². The Morgan fingerprint density at radius 1 is 1.45 bits per heavy atom. The van der Waals surface area contributed by atoms with Gasteiger partial charge in [-0.2, -0.15) is 0 Å². The number of benzene rings is 1. The number of amides is 1. The van der Waals surface area contributed by atoms with Gasteiger partial charge in [0.25, 0.3) is 0 Å². The van der Waals surface area contributed by atoms with Crippen molar-refractivity contribution in [1.82, 2.24) is 4.90 Å². The summed E-state index contributed by atoms with van der Waals surface area (Å²) < 4.78 is 5.14. The summed E-state index contributed by atoms with van der Waals surface area (Å²) in [5.41, 5.74) is 1.09. The summed E-state index contributed by atoms with van der Waals surface area (Å²) >= 11 is 1.39. The van der Waals surface area contributed by atoms with Gasteiger partial charge < -0.3 is 4.74 Å². The van der Waals surface area contributed by atoms with E-state index in [1.165, 1.54) is 16.7 Å². The van der Waals surface area contributed by atoms with Gasteiger partial charge in [-0.15, -0.1) is 0 Å². The van der Waals surface area contributed by atoms with Gasteiger partial charge >= 0.3 is 5.97 Å². The molecule has 0 bridgehead atoms. The van der Waals surface area contributed by atoms with Gasteiger partial charge in [0.05, 0.1) is 23.1 Å². The summed E-state index contributed by atoms with van der Waals surface area (Å²) in [5.74, 6) is 0.0689. The van der Waals surface area contributed by atoms with Crippen LogP contribution in [0.1, 0.15) is 24.2 Å². The van der Waals surface area contributed by atoms with Crippen LogP contribution in [0.15, 0.2) is 29.3 Å². The Morgan fingerprint density at radius 2 is 2.20 bits per heavy atom. The van der Waals surface area contributed by atoms with E-state index in [1.54, 1.807) is 45.2 Å². The summed E-state index contributed by atoms with van der Waals surface area (Å²) in [6.45, 7) is 3.61. The van der Waals surface area contributed by atoms with Crippen LogP contribution in [0.5, 0.6) is 0 Å². The molecule has 1 saturated heterocycles. The molecule has 6 heteroatoms. The topological polar surface area (TPSA) is 59.0 Å². The lowest BCUT2D eigenvalue weighted by molar-refractivity contribution is -0.123. The van der Waals surface area contributed by atoms with Crippen LogP contribution >= 0.6 is 11.8 Å². The summed E-state index contributed by atoms with van der Waals surface area (Å²) in [6, 6.07) is 6.88. The highest BCUT2D eigenvalue weighted by atomic mass is 32.2. The minimum absolute atomic E-state index is 0.0316. The molecule has 1 fully saturated rings. The molecular weight excluding hydrogens is 276 g/mol. The maximum absolute atomic E-state index is 11.8. The van der Waals surface area contributed by atoms with Crippen molar-refractivity contribution >= 4 is 34.5 Å². The third-order valence-electron chi connectivity index (χ3n) is 2.64. The van der Waals surface area contributed by atoms with E-state index in [-0.39, 0.29) is 18.0 Å². The molecule has 2 rings (SSSR count). The number of nitrogens with zero attached hydrogens (tertiary/aromatic N) is 2. The molecule has 0 aliphatic carbocycles. The van der Waals surface area contributed by atoms with Crippen LogP contribution in [0.25, 0.3) is 0 Å². The molecule has 0 N–H and O–H groups in total. The second-order valence-electron chi connectivity index (χ2n) is 4.64. The average Bonchev–Trinajstić information content (AvgIpc) is 2.70. The predicted octanol–water partition coefficient (Wildman–Crippen LogP) is 2.44. The number of hydrogen-bond donors (Lipinski definition) is 0. The van der Waals surface area contributed by atoms with E-state index < -0.39 is 0 Å². The van der Waals surface area contributed by atoms with Gasteiger partial charge in [-0.1, -0.05) is 17.8 Å². The van der Waals surface area contributed by atoms with Crippen LogP contribution in [0.2, 0.25) is 0 Å². The number of hydrogen-bond acceptors (Lipinski definition) is 5. The van der Waals surface area contributed by atoms with Crippen molar-refractivity contribution in [3.63, 3.8) is 0 Å². The molecule has 20 heavy (non-hydrogen) atoms. The van der Waals surface area contributed by atoms with Crippen molar-refractivity contribution in [3.05, 3.63) is 29.8 Å². The van der Waals surface area contributed by atoms with E-state index in [9.17, 15) is 9.59 Å². The van der Waals surface area contributed by atoms with E-state index in [4.69, 9.17) is 4.74 Å². The number of carbonyl (C=O) groups excluding carboxylic acids is 2. The number of aliphatic imine (C=N–C) groups is 1. The third kappa shape index (κ3) is 3.39. The number of carbonyl (C=O) groups is 2. The van der Waals surface area contributed by atoms with Gasteiger partial charge in [-0.25, -0.2) is 9.79 Å². The average molecular weight is 292 g/mol. The molecule has 1 amide bonds. The van der Waals surface area contributed by atoms with Gasteiger partial charge in [0, 0.05) is 7.05 Å². The molecule has 1 aromatic carbocycles. The molecule has 1 aliphatic heterocycles. The first kappa shape index (κ1) is 14.6. The molecule has 1 aromatic rings. The minimum Gasteiger partial charge on any atom is -0.459 e. The molecule has 0 unspecified atom stereocenters. The van der Waals surface area contributed by atoms with Gasteiger partial charge in [-0.3, -0.25) is 9.69 Å². The fourth-order valence-corrected chi connectivity index (χ4v) is 2.54. The van der Waals surface area contributed by atoms with Gasteiger partial charge in [0.1, 0.15) is 0 Å². The number of ether oxygens (including phenoxy) is 1. The molecule has 0 atom stereocenters. The molecule has 0 aromatic heterocycles. The summed E-state index contributed by atoms with van der Waals surface area (Å²) in [6.07, 6.45) is -0.161. The molecule has 5 nitrogen and oxygen atoms in total. The van der Waals surface area contributed by atoms with Crippen molar-refractivity contribution < 1.29 is 14.3 Å². The molecule has 1 aliphatic rings. The zero-order valence-electron chi connectivity index (χ0n) is 11.6. The number of rotatable bonds is 3. The van der Waals surface area contributed by atoms with Gasteiger partial charge in [0.15, 0.2) is 5.17 Å². The van der Waals surface area contributed by atoms with Crippen LogP contribution in [-0.2, 0) is 9.53 Å². The van der Waals surface area contributed by atoms with Crippen molar-refractivity contribution in [2.24, 2.45) is 4.99 Å². The fraction of sp³-hybridized carbons (Fsp3) is 0.357. The normalized spacial score (nSPS) is 17.1. The smallest absolute Gasteiger partial charge is 0.338 e. The zero-order valence-corrected chi connectivity index (χ0v) is 12.4. The standard InChI is InChI=1S/C14H16N2O3S/c1-9(2)19-13(18)10-5-4-6-11(7-10)15-14-16(3)12(17)8-20-14/h4-7,9H,8H2,1-3H3. The maximum Gasteiger partial charge on any atom is 0.338 e. The Bertz CT molecular complexity index is 569. The highest BCUT2D eigenvalue weighted by Crippen LogP contribution is 2.23. The van der Waals surface area contributed by atoms with Crippen LogP contribution < -0.4 is 0 Å². The second kappa shape index (κ2) is 6.09. The SMILES string of the molecule is CC(C)OC(=O)c1cccc(N=C2SCC(=O)N2C)c1. The Balaban J connectivity index is 2.20. The molecular formula is C14H16N2O3S. The predicted molar refractivity (Wildman–Crippen MR) is 79.3 cm³/mol. The zero-order chi connectivity index (χ0) is 14.7. The van der Waals surface area contributed by atoms with Crippen molar-refractivity contribution in [3.8, 4) is 0 Å². The Labute approximate surface area is 122 Å². The minimum atomic E-state index is -0.370. The second-order valence-corrected chi connectivity index (χ2v) is 5.58. The lowest BCUT2D eigenvalue weighted by Gasteiger charge is -2.09.